The van der Waals surface area contributed by atoms with Crippen LogP contribution < -0.4 is 0 Å². The molecule has 0 radical (unpaired) electrons. The third-order valence-electron chi connectivity index (χ3n) is 2.49. The first-order chi connectivity index (χ1) is 7.18. The van der Waals surface area contributed by atoms with Gasteiger partial charge in [0, 0.05) is 5.56 Å². The molecular weight excluding hydrogens is 188 g/mol. The van der Waals surface area contributed by atoms with Gasteiger partial charge in [0.1, 0.15) is 17.6 Å². The van der Waals surface area contributed by atoms with Crippen LogP contribution >= 0.6 is 0 Å². The molecule has 0 fully saturated rings. The van der Waals surface area contributed by atoms with Gasteiger partial charge in [-0.2, -0.15) is 0 Å². The van der Waals surface area contributed by atoms with Gasteiger partial charge in [0.05, 0.1) is 0 Å². The van der Waals surface area contributed by atoms with Crippen molar-refractivity contribution in [2.75, 3.05) is 0 Å². The van der Waals surface area contributed by atoms with E-state index in [0.29, 0.717) is 0 Å². The lowest BCUT2D eigenvalue weighted by Gasteiger charge is -2.09. The molecule has 0 aliphatic heterocycles. The summed E-state index contributed by atoms with van der Waals surface area (Å²) in [5, 5.41) is 10.1. The third-order valence-corrected chi connectivity index (χ3v) is 2.49. The summed E-state index contributed by atoms with van der Waals surface area (Å²) in [6.45, 7) is 3.75. The molecule has 2 aromatic rings. The molecule has 2 rings (SSSR count). The molecule has 78 valence electrons. The molecule has 0 saturated carbocycles. The van der Waals surface area contributed by atoms with Crippen LogP contribution in [0.1, 0.15) is 28.8 Å². The normalized spacial score (nSPS) is 12.7. The van der Waals surface area contributed by atoms with Crippen molar-refractivity contribution in [3.8, 4) is 0 Å². The van der Waals surface area contributed by atoms with E-state index >= 15 is 0 Å². The fraction of sp³-hybridized carbons (Fsp3) is 0.231. The average Bonchev–Trinajstić information content (AvgIpc) is 2.58. The molecule has 15 heavy (non-hydrogen) atoms. The first-order valence-electron chi connectivity index (χ1n) is 4.98. The number of furan rings is 1. The molecule has 1 unspecified atom stereocenters. The Balaban J connectivity index is 2.36. The molecule has 2 heteroatoms. The predicted octanol–water partition coefficient (Wildman–Crippen LogP) is 2.98. The monoisotopic (exact) mass is 202 g/mol. The van der Waals surface area contributed by atoms with E-state index in [1.54, 1.807) is 0 Å². The molecule has 0 aliphatic carbocycles. The number of hydrogen-bond donors (Lipinski definition) is 1. The third kappa shape index (κ3) is 1.95. The lowest BCUT2D eigenvalue weighted by Crippen LogP contribution is -1.99. The van der Waals surface area contributed by atoms with Gasteiger partial charge in [-0.25, -0.2) is 0 Å². The van der Waals surface area contributed by atoms with Gasteiger partial charge in [0.25, 0.3) is 0 Å². The van der Waals surface area contributed by atoms with Crippen LogP contribution in [0.2, 0.25) is 0 Å². The minimum atomic E-state index is -0.594. The Morgan fingerprint density at radius 3 is 2.33 bits per heavy atom. The van der Waals surface area contributed by atoms with Crippen LogP contribution in [0.25, 0.3) is 0 Å². The highest BCUT2D eigenvalue weighted by atomic mass is 16.3. The van der Waals surface area contributed by atoms with Crippen molar-refractivity contribution in [1.82, 2.24) is 0 Å². The summed E-state index contributed by atoms with van der Waals surface area (Å²) in [6, 6.07) is 11.5. The van der Waals surface area contributed by atoms with Crippen molar-refractivity contribution in [1.29, 1.82) is 0 Å². The van der Waals surface area contributed by atoms with Crippen molar-refractivity contribution in [2.45, 2.75) is 20.0 Å². The van der Waals surface area contributed by atoms with Crippen molar-refractivity contribution in [3.63, 3.8) is 0 Å². The maximum Gasteiger partial charge on any atom is 0.107 e. The molecule has 0 aliphatic rings. The minimum Gasteiger partial charge on any atom is -0.466 e. The Morgan fingerprint density at radius 2 is 1.80 bits per heavy atom. The van der Waals surface area contributed by atoms with Gasteiger partial charge >= 0.3 is 0 Å². The highest BCUT2D eigenvalue weighted by molar-refractivity contribution is 5.32. The fourth-order valence-corrected chi connectivity index (χ4v) is 1.74. The number of aryl methyl sites for hydroxylation is 2. The van der Waals surface area contributed by atoms with Crippen LogP contribution in [0.15, 0.2) is 40.8 Å². The number of aliphatic hydroxyl groups excluding tert-OH is 1. The lowest BCUT2D eigenvalue weighted by atomic mass is 10.0. The second-order valence-corrected chi connectivity index (χ2v) is 3.68. The molecule has 0 saturated heterocycles. The second-order valence-electron chi connectivity index (χ2n) is 3.68. The maximum absolute atomic E-state index is 10.1. The number of rotatable bonds is 2. The first-order valence-corrected chi connectivity index (χ1v) is 4.98. The fourth-order valence-electron chi connectivity index (χ4n) is 1.74. The Morgan fingerprint density at radius 1 is 1.13 bits per heavy atom. The number of benzene rings is 1. The standard InChI is InChI=1S/C13H14O2/c1-9-8-12(10(2)15-9)13(14)11-6-4-3-5-7-11/h3-8,13-14H,1-2H3. The summed E-state index contributed by atoms with van der Waals surface area (Å²) in [4.78, 5) is 0. The Labute approximate surface area is 89.2 Å². The molecule has 1 heterocycles. The number of aliphatic hydroxyl groups is 1. The molecule has 1 N–H and O–H groups in total. The molecular formula is C13H14O2. The summed E-state index contributed by atoms with van der Waals surface area (Å²) in [5.41, 5.74) is 1.74. The molecule has 1 aromatic heterocycles. The van der Waals surface area contributed by atoms with Gasteiger partial charge in [0.15, 0.2) is 0 Å². The van der Waals surface area contributed by atoms with E-state index in [-0.39, 0.29) is 0 Å². The van der Waals surface area contributed by atoms with Gasteiger partial charge in [0.2, 0.25) is 0 Å². The van der Waals surface area contributed by atoms with Crippen LogP contribution in [-0.2, 0) is 0 Å². The highest BCUT2D eigenvalue weighted by Crippen LogP contribution is 2.26. The minimum absolute atomic E-state index is 0.594. The zero-order valence-corrected chi connectivity index (χ0v) is 8.90. The van der Waals surface area contributed by atoms with E-state index in [4.69, 9.17) is 4.42 Å². The topological polar surface area (TPSA) is 33.4 Å². The molecule has 0 amide bonds. The summed E-state index contributed by atoms with van der Waals surface area (Å²) in [5.74, 6) is 1.61. The van der Waals surface area contributed by atoms with Gasteiger partial charge in [-0.1, -0.05) is 30.3 Å². The summed E-state index contributed by atoms with van der Waals surface area (Å²) >= 11 is 0. The number of hydrogen-bond acceptors (Lipinski definition) is 2. The van der Waals surface area contributed by atoms with E-state index in [1.165, 1.54) is 0 Å². The van der Waals surface area contributed by atoms with Crippen molar-refractivity contribution in [3.05, 3.63) is 59.0 Å². The summed E-state index contributed by atoms with van der Waals surface area (Å²) in [7, 11) is 0. The molecule has 2 nitrogen and oxygen atoms in total. The molecule has 1 atom stereocenters. The van der Waals surface area contributed by atoms with Crippen LogP contribution in [0.5, 0.6) is 0 Å². The van der Waals surface area contributed by atoms with Crippen molar-refractivity contribution < 1.29 is 9.52 Å². The summed E-state index contributed by atoms with van der Waals surface area (Å²) in [6.07, 6.45) is -0.594. The van der Waals surface area contributed by atoms with Crippen LogP contribution in [0.3, 0.4) is 0 Å². The van der Waals surface area contributed by atoms with Crippen molar-refractivity contribution >= 4 is 0 Å². The van der Waals surface area contributed by atoms with Gasteiger partial charge < -0.3 is 9.52 Å². The smallest absolute Gasteiger partial charge is 0.107 e. The van der Waals surface area contributed by atoms with Gasteiger partial charge in [-0.15, -0.1) is 0 Å². The Kier molecular flexibility index (Phi) is 2.60. The SMILES string of the molecule is Cc1cc(C(O)c2ccccc2)c(C)o1. The van der Waals surface area contributed by atoms with E-state index in [0.717, 1.165) is 22.6 Å². The predicted molar refractivity (Wildman–Crippen MR) is 58.7 cm³/mol. The van der Waals surface area contributed by atoms with E-state index < -0.39 is 6.10 Å². The molecule has 0 bridgehead atoms. The second kappa shape index (κ2) is 3.91. The van der Waals surface area contributed by atoms with E-state index in [1.807, 2.05) is 50.2 Å². The quantitative estimate of drug-likeness (QED) is 0.812. The zero-order chi connectivity index (χ0) is 10.8. The first kappa shape index (κ1) is 9.99. The lowest BCUT2D eigenvalue weighted by molar-refractivity contribution is 0.218. The zero-order valence-electron chi connectivity index (χ0n) is 8.90. The van der Waals surface area contributed by atoms with Gasteiger partial charge in [-0.3, -0.25) is 0 Å². The van der Waals surface area contributed by atoms with E-state index in [2.05, 4.69) is 0 Å². The van der Waals surface area contributed by atoms with Crippen LogP contribution in [0.4, 0.5) is 0 Å². The molecule has 1 aromatic carbocycles. The average molecular weight is 202 g/mol. The molecule has 0 spiro atoms. The Bertz CT molecular complexity index is 443. The van der Waals surface area contributed by atoms with Crippen LogP contribution in [0, 0.1) is 13.8 Å². The summed E-state index contributed by atoms with van der Waals surface area (Å²) < 4.78 is 5.40. The van der Waals surface area contributed by atoms with Crippen molar-refractivity contribution in [2.24, 2.45) is 0 Å². The largest absolute Gasteiger partial charge is 0.466 e. The highest BCUT2D eigenvalue weighted by Gasteiger charge is 2.15. The maximum atomic E-state index is 10.1. The van der Waals surface area contributed by atoms with Crippen LogP contribution in [-0.4, -0.2) is 5.11 Å². The van der Waals surface area contributed by atoms with E-state index in [9.17, 15) is 5.11 Å². The van der Waals surface area contributed by atoms with Gasteiger partial charge in [-0.05, 0) is 25.5 Å². The Hall–Kier alpha value is -1.54.